The average molecular weight is 353 g/mol. The summed E-state index contributed by atoms with van der Waals surface area (Å²) in [4.78, 5) is 12.5. The van der Waals surface area contributed by atoms with Crippen LogP contribution in [-0.4, -0.2) is 18.1 Å². The summed E-state index contributed by atoms with van der Waals surface area (Å²) in [6.45, 7) is 3.96. The van der Waals surface area contributed by atoms with Crippen LogP contribution in [-0.2, 0) is 4.79 Å². The highest BCUT2D eigenvalue weighted by Gasteiger charge is 2.19. The van der Waals surface area contributed by atoms with Crippen molar-refractivity contribution in [3.8, 4) is 11.5 Å². The van der Waals surface area contributed by atoms with Crippen molar-refractivity contribution in [2.75, 3.05) is 5.32 Å². The first-order valence-electron chi connectivity index (χ1n) is 9.45. The van der Waals surface area contributed by atoms with E-state index in [9.17, 15) is 4.79 Å². The van der Waals surface area contributed by atoms with Crippen molar-refractivity contribution in [2.45, 2.75) is 58.2 Å². The molecule has 0 saturated heterocycles. The molecule has 1 aliphatic carbocycles. The van der Waals surface area contributed by atoms with Crippen molar-refractivity contribution in [3.05, 3.63) is 54.1 Å². The third-order valence-corrected chi connectivity index (χ3v) is 4.69. The fourth-order valence-electron chi connectivity index (χ4n) is 3.14. The molecule has 1 aliphatic rings. The Hall–Kier alpha value is -2.49. The molecular weight excluding hydrogens is 326 g/mol. The van der Waals surface area contributed by atoms with Gasteiger partial charge in [0.05, 0.1) is 6.10 Å². The summed E-state index contributed by atoms with van der Waals surface area (Å²) in [5.74, 6) is 1.42. The minimum absolute atomic E-state index is 0.141. The van der Waals surface area contributed by atoms with Gasteiger partial charge in [0.1, 0.15) is 11.5 Å². The Kier molecular flexibility index (Phi) is 6.16. The van der Waals surface area contributed by atoms with E-state index in [4.69, 9.17) is 9.47 Å². The lowest BCUT2D eigenvalue weighted by molar-refractivity contribution is -0.122. The molecule has 1 saturated carbocycles. The van der Waals surface area contributed by atoms with Gasteiger partial charge in [-0.3, -0.25) is 4.79 Å². The van der Waals surface area contributed by atoms with Gasteiger partial charge in [0.15, 0.2) is 6.10 Å². The van der Waals surface area contributed by atoms with Crippen LogP contribution in [0.2, 0.25) is 0 Å². The van der Waals surface area contributed by atoms with Crippen LogP contribution in [0.25, 0.3) is 0 Å². The van der Waals surface area contributed by atoms with E-state index in [0.29, 0.717) is 18.3 Å². The zero-order valence-electron chi connectivity index (χ0n) is 15.5. The molecule has 3 rings (SSSR count). The number of hydrogen-bond acceptors (Lipinski definition) is 3. The fourth-order valence-corrected chi connectivity index (χ4v) is 3.14. The highest BCUT2D eigenvalue weighted by molar-refractivity contribution is 5.94. The SMILES string of the molecule is CC[C@H](Oc1ccc(C)cc1)C(=O)Nc1ccc(OC2CCCC2)cc1. The Bertz CT molecular complexity index is 703. The number of carbonyl (C=O) groups excluding carboxylic acids is 1. The first-order valence-corrected chi connectivity index (χ1v) is 9.45. The second-order valence-electron chi connectivity index (χ2n) is 6.87. The Balaban J connectivity index is 1.55. The Morgan fingerprint density at radius 3 is 2.27 bits per heavy atom. The number of ether oxygens (including phenoxy) is 2. The first kappa shape index (κ1) is 18.3. The molecule has 0 spiro atoms. The molecule has 1 amide bonds. The first-order chi connectivity index (χ1) is 12.6. The number of aryl methyl sites for hydroxylation is 1. The van der Waals surface area contributed by atoms with E-state index in [-0.39, 0.29) is 5.91 Å². The van der Waals surface area contributed by atoms with Crippen LogP contribution in [0.3, 0.4) is 0 Å². The summed E-state index contributed by atoms with van der Waals surface area (Å²) in [7, 11) is 0. The number of hydrogen-bond donors (Lipinski definition) is 1. The molecule has 1 N–H and O–H groups in total. The largest absolute Gasteiger partial charge is 0.490 e. The smallest absolute Gasteiger partial charge is 0.265 e. The second kappa shape index (κ2) is 8.75. The minimum Gasteiger partial charge on any atom is -0.490 e. The molecule has 0 bridgehead atoms. The van der Waals surface area contributed by atoms with E-state index >= 15 is 0 Å². The Labute approximate surface area is 155 Å². The van der Waals surface area contributed by atoms with Gasteiger partial charge in [-0.1, -0.05) is 24.6 Å². The normalized spacial score (nSPS) is 15.5. The predicted molar refractivity (Wildman–Crippen MR) is 104 cm³/mol. The van der Waals surface area contributed by atoms with Crippen molar-refractivity contribution in [3.63, 3.8) is 0 Å². The van der Waals surface area contributed by atoms with Crippen LogP contribution < -0.4 is 14.8 Å². The zero-order valence-corrected chi connectivity index (χ0v) is 15.5. The van der Waals surface area contributed by atoms with Gasteiger partial charge in [0, 0.05) is 5.69 Å². The number of carbonyl (C=O) groups is 1. The molecule has 4 nitrogen and oxygen atoms in total. The molecule has 26 heavy (non-hydrogen) atoms. The van der Waals surface area contributed by atoms with E-state index in [1.165, 1.54) is 12.8 Å². The van der Waals surface area contributed by atoms with Crippen molar-refractivity contribution in [1.82, 2.24) is 0 Å². The summed E-state index contributed by atoms with van der Waals surface area (Å²) in [5, 5.41) is 2.93. The van der Waals surface area contributed by atoms with Crippen LogP contribution in [0.4, 0.5) is 5.69 Å². The van der Waals surface area contributed by atoms with Gasteiger partial charge in [-0.2, -0.15) is 0 Å². The molecular formula is C22H27NO3. The van der Waals surface area contributed by atoms with Crippen LogP contribution in [0.1, 0.15) is 44.6 Å². The molecule has 0 aromatic heterocycles. The third-order valence-electron chi connectivity index (χ3n) is 4.69. The monoisotopic (exact) mass is 353 g/mol. The minimum atomic E-state index is -0.521. The maximum atomic E-state index is 12.5. The quantitative estimate of drug-likeness (QED) is 0.752. The summed E-state index contributed by atoms with van der Waals surface area (Å²) in [6.07, 6.45) is 5.17. The molecule has 1 atom stereocenters. The lowest BCUT2D eigenvalue weighted by Gasteiger charge is -2.18. The van der Waals surface area contributed by atoms with E-state index in [0.717, 1.165) is 29.8 Å². The van der Waals surface area contributed by atoms with Crippen LogP contribution >= 0.6 is 0 Å². The van der Waals surface area contributed by atoms with Crippen molar-refractivity contribution >= 4 is 11.6 Å². The van der Waals surface area contributed by atoms with Gasteiger partial charge in [0.2, 0.25) is 0 Å². The van der Waals surface area contributed by atoms with Gasteiger partial charge < -0.3 is 14.8 Å². The van der Waals surface area contributed by atoms with E-state index in [1.54, 1.807) is 0 Å². The zero-order chi connectivity index (χ0) is 18.4. The van der Waals surface area contributed by atoms with E-state index in [2.05, 4.69) is 5.32 Å². The van der Waals surface area contributed by atoms with Gasteiger partial charge in [-0.15, -0.1) is 0 Å². The number of anilines is 1. The molecule has 2 aromatic carbocycles. The molecule has 2 aromatic rings. The van der Waals surface area contributed by atoms with Crippen molar-refractivity contribution in [2.24, 2.45) is 0 Å². The summed E-state index contributed by atoms with van der Waals surface area (Å²) in [5.41, 5.74) is 1.91. The Morgan fingerprint density at radius 2 is 1.65 bits per heavy atom. The lowest BCUT2D eigenvalue weighted by atomic mass is 10.2. The topological polar surface area (TPSA) is 47.6 Å². The van der Waals surface area contributed by atoms with Gasteiger partial charge in [-0.25, -0.2) is 0 Å². The van der Waals surface area contributed by atoms with Crippen molar-refractivity contribution in [1.29, 1.82) is 0 Å². The van der Waals surface area contributed by atoms with E-state index in [1.807, 2.05) is 62.4 Å². The molecule has 138 valence electrons. The molecule has 1 fully saturated rings. The number of nitrogens with one attached hydrogen (secondary N) is 1. The maximum Gasteiger partial charge on any atom is 0.265 e. The standard InChI is InChI=1S/C22H27NO3/c1-3-21(26-20-12-8-16(2)9-13-20)22(24)23-17-10-14-19(15-11-17)25-18-6-4-5-7-18/h8-15,18,21H,3-7H2,1-2H3,(H,23,24)/t21-/m0/s1. The predicted octanol–water partition coefficient (Wildman–Crippen LogP) is 5.11. The van der Waals surface area contributed by atoms with Gasteiger partial charge in [0.25, 0.3) is 5.91 Å². The third kappa shape index (κ3) is 5.01. The average Bonchev–Trinajstić information content (AvgIpc) is 3.16. The second-order valence-corrected chi connectivity index (χ2v) is 6.87. The van der Waals surface area contributed by atoms with Gasteiger partial charge in [-0.05, 0) is 75.4 Å². The van der Waals surface area contributed by atoms with Crippen LogP contribution in [0, 0.1) is 6.92 Å². The summed E-state index contributed by atoms with van der Waals surface area (Å²) in [6, 6.07) is 15.3. The summed E-state index contributed by atoms with van der Waals surface area (Å²) >= 11 is 0. The fraction of sp³-hybridized carbons (Fsp3) is 0.409. The molecule has 0 radical (unpaired) electrons. The molecule has 4 heteroatoms. The highest BCUT2D eigenvalue weighted by Crippen LogP contribution is 2.25. The van der Waals surface area contributed by atoms with E-state index < -0.39 is 6.10 Å². The molecule has 0 heterocycles. The molecule has 0 aliphatic heterocycles. The number of benzene rings is 2. The number of amides is 1. The number of rotatable bonds is 7. The summed E-state index contributed by atoms with van der Waals surface area (Å²) < 4.78 is 11.8. The lowest BCUT2D eigenvalue weighted by Crippen LogP contribution is -2.32. The van der Waals surface area contributed by atoms with Crippen LogP contribution in [0.5, 0.6) is 11.5 Å². The van der Waals surface area contributed by atoms with Gasteiger partial charge >= 0.3 is 0 Å². The van der Waals surface area contributed by atoms with Crippen molar-refractivity contribution < 1.29 is 14.3 Å². The van der Waals surface area contributed by atoms with Crippen LogP contribution in [0.15, 0.2) is 48.5 Å². The highest BCUT2D eigenvalue weighted by atomic mass is 16.5. The maximum absolute atomic E-state index is 12.5. The Morgan fingerprint density at radius 1 is 1.04 bits per heavy atom. The molecule has 0 unspecified atom stereocenters.